The van der Waals surface area contributed by atoms with Crippen LogP contribution in [0.3, 0.4) is 0 Å². The Hall–Kier alpha value is -2.84. The van der Waals surface area contributed by atoms with E-state index in [2.05, 4.69) is 15.2 Å². The van der Waals surface area contributed by atoms with Crippen molar-refractivity contribution in [1.29, 1.82) is 0 Å². The van der Waals surface area contributed by atoms with Crippen LogP contribution in [0, 0.1) is 19.7 Å². The second-order valence-corrected chi connectivity index (χ2v) is 7.86. The van der Waals surface area contributed by atoms with Crippen LogP contribution in [0.15, 0.2) is 30.5 Å². The average molecular weight is 429 g/mol. The van der Waals surface area contributed by atoms with Gasteiger partial charge in [-0.2, -0.15) is 0 Å². The molecule has 1 aromatic heterocycles. The third kappa shape index (κ3) is 5.65. The zero-order valence-electron chi connectivity index (χ0n) is 18.4. The van der Waals surface area contributed by atoms with Crippen LogP contribution < -0.4 is 5.32 Å². The number of halogens is 1. The summed E-state index contributed by atoms with van der Waals surface area (Å²) in [6.45, 7) is 8.59. The monoisotopic (exact) mass is 428 g/mol. The third-order valence-electron chi connectivity index (χ3n) is 5.68. The zero-order valence-corrected chi connectivity index (χ0v) is 18.4. The topological polar surface area (TPSA) is 74.8 Å². The number of nitrogens with zero attached hydrogens (tertiary/aromatic N) is 3. The molecule has 166 valence electrons. The van der Waals surface area contributed by atoms with Gasteiger partial charge in [-0.3, -0.25) is 19.5 Å². The Kier molecular flexibility index (Phi) is 7.35. The summed E-state index contributed by atoms with van der Waals surface area (Å²) in [4.78, 5) is 32.9. The first kappa shape index (κ1) is 22.8. The van der Waals surface area contributed by atoms with Crippen molar-refractivity contribution in [3.05, 3.63) is 58.7 Å². The molecule has 1 N–H and O–H groups in total. The molecule has 2 aromatic rings. The van der Waals surface area contributed by atoms with Crippen molar-refractivity contribution in [2.45, 2.75) is 33.4 Å². The smallest absolute Gasteiger partial charge is 0.257 e. The Bertz CT molecular complexity index is 941. The average Bonchev–Trinajstić information content (AvgIpc) is 2.76. The van der Waals surface area contributed by atoms with Crippen LogP contribution in [-0.4, -0.2) is 66.0 Å². The van der Waals surface area contributed by atoms with Gasteiger partial charge in [0.25, 0.3) is 11.8 Å². The van der Waals surface area contributed by atoms with Gasteiger partial charge >= 0.3 is 0 Å². The van der Waals surface area contributed by atoms with E-state index in [1.54, 1.807) is 24.0 Å². The predicted molar refractivity (Wildman–Crippen MR) is 116 cm³/mol. The van der Waals surface area contributed by atoms with Crippen LogP contribution in [0.2, 0.25) is 0 Å². The molecule has 1 aliphatic heterocycles. The summed E-state index contributed by atoms with van der Waals surface area (Å²) in [6.07, 6.45) is 1.05. The largest absolute Gasteiger partial charge is 0.372 e. The molecule has 1 aliphatic rings. The number of amides is 2. The van der Waals surface area contributed by atoms with E-state index in [9.17, 15) is 14.0 Å². The molecular formula is C23H29FN4O3. The fraction of sp³-hybridized carbons (Fsp3) is 0.435. The van der Waals surface area contributed by atoms with Gasteiger partial charge in [0, 0.05) is 57.4 Å². The Morgan fingerprint density at radius 3 is 2.52 bits per heavy atom. The van der Waals surface area contributed by atoms with Gasteiger partial charge in [0.2, 0.25) is 0 Å². The summed E-state index contributed by atoms with van der Waals surface area (Å²) in [5, 5.41) is 2.80. The molecule has 2 amide bonds. The summed E-state index contributed by atoms with van der Waals surface area (Å²) in [6, 6.07) is 6.29. The van der Waals surface area contributed by atoms with Crippen molar-refractivity contribution in [2.24, 2.45) is 0 Å². The molecule has 1 unspecified atom stereocenters. The number of benzene rings is 1. The van der Waals surface area contributed by atoms with Gasteiger partial charge in [-0.15, -0.1) is 0 Å². The minimum atomic E-state index is -0.452. The van der Waals surface area contributed by atoms with E-state index in [1.165, 1.54) is 25.4 Å². The first-order valence-corrected chi connectivity index (χ1v) is 10.4. The van der Waals surface area contributed by atoms with Crippen LogP contribution in [0.5, 0.6) is 0 Å². The lowest BCUT2D eigenvalue weighted by atomic mass is 10.0. The molecule has 0 saturated carbocycles. The fourth-order valence-corrected chi connectivity index (χ4v) is 3.55. The van der Waals surface area contributed by atoms with Gasteiger partial charge in [0.05, 0.1) is 5.56 Å². The first-order valence-electron chi connectivity index (χ1n) is 10.4. The van der Waals surface area contributed by atoms with Crippen molar-refractivity contribution < 1.29 is 18.7 Å². The molecule has 1 aromatic carbocycles. The van der Waals surface area contributed by atoms with Crippen molar-refractivity contribution in [3.8, 4) is 0 Å². The van der Waals surface area contributed by atoms with Crippen LogP contribution in [0.25, 0.3) is 0 Å². The highest BCUT2D eigenvalue weighted by Crippen LogP contribution is 2.24. The molecule has 0 aliphatic carbocycles. The van der Waals surface area contributed by atoms with E-state index in [1.807, 2.05) is 13.8 Å². The molecular weight excluding hydrogens is 399 g/mol. The Morgan fingerprint density at radius 1 is 1.19 bits per heavy atom. The number of aromatic nitrogens is 1. The number of hydrogen-bond donors (Lipinski definition) is 1. The molecule has 31 heavy (non-hydrogen) atoms. The number of methoxy groups -OCH3 is 1. The normalized spacial score (nSPS) is 15.6. The summed E-state index contributed by atoms with van der Waals surface area (Å²) >= 11 is 0. The summed E-state index contributed by atoms with van der Waals surface area (Å²) in [7, 11) is 1.53. The lowest BCUT2D eigenvalue weighted by Crippen LogP contribution is -2.51. The van der Waals surface area contributed by atoms with Crippen LogP contribution in [0.1, 0.15) is 34.1 Å². The molecule has 7 nitrogen and oxygen atoms in total. The quantitative estimate of drug-likeness (QED) is 0.766. The minimum Gasteiger partial charge on any atom is -0.372 e. The molecule has 2 heterocycles. The Labute approximate surface area is 182 Å². The predicted octanol–water partition coefficient (Wildman–Crippen LogP) is 2.77. The van der Waals surface area contributed by atoms with E-state index in [0.717, 1.165) is 16.8 Å². The van der Waals surface area contributed by atoms with Crippen molar-refractivity contribution in [1.82, 2.24) is 14.8 Å². The van der Waals surface area contributed by atoms with Gasteiger partial charge in [-0.05, 0) is 56.2 Å². The zero-order chi connectivity index (χ0) is 22.5. The molecule has 0 radical (unpaired) electrons. The van der Waals surface area contributed by atoms with E-state index in [0.29, 0.717) is 44.0 Å². The third-order valence-corrected chi connectivity index (χ3v) is 5.68. The molecule has 0 spiro atoms. The maximum atomic E-state index is 14.3. The van der Waals surface area contributed by atoms with Gasteiger partial charge in [0.1, 0.15) is 11.9 Å². The first-order chi connectivity index (χ1) is 14.8. The van der Waals surface area contributed by atoms with E-state index < -0.39 is 11.9 Å². The second-order valence-electron chi connectivity index (χ2n) is 7.86. The lowest BCUT2D eigenvalue weighted by molar-refractivity contribution is -0.142. The molecule has 3 rings (SSSR count). The summed E-state index contributed by atoms with van der Waals surface area (Å²) in [5.74, 6) is -0.744. The number of pyridine rings is 1. The maximum absolute atomic E-state index is 14.3. The highest BCUT2D eigenvalue weighted by molar-refractivity contribution is 6.04. The number of piperazine rings is 1. The maximum Gasteiger partial charge on any atom is 0.257 e. The number of aryl methyl sites for hydroxylation is 1. The van der Waals surface area contributed by atoms with Crippen molar-refractivity contribution >= 4 is 17.5 Å². The molecule has 1 atom stereocenters. The number of rotatable bonds is 6. The molecule has 8 heteroatoms. The Morgan fingerprint density at radius 2 is 1.90 bits per heavy atom. The van der Waals surface area contributed by atoms with Gasteiger partial charge in [-0.25, -0.2) is 4.39 Å². The summed E-state index contributed by atoms with van der Waals surface area (Å²) < 4.78 is 19.4. The highest BCUT2D eigenvalue weighted by Gasteiger charge is 2.25. The van der Waals surface area contributed by atoms with Crippen LogP contribution >= 0.6 is 0 Å². The number of carbonyl (C=O) groups excluding carboxylic acids is 2. The van der Waals surface area contributed by atoms with E-state index in [4.69, 9.17) is 4.74 Å². The van der Waals surface area contributed by atoms with Gasteiger partial charge in [0.15, 0.2) is 0 Å². The van der Waals surface area contributed by atoms with Crippen molar-refractivity contribution in [2.75, 3.05) is 38.6 Å². The van der Waals surface area contributed by atoms with Crippen LogP contribution in [-0.2, 0) is 16.1 Å². The second kappa shape index (κ2) is 9.98. The van der Waals surface area contributed by atoms with Gasteiger partial charge in [-0.1, -0.05) is 0 Å². The van der Waals surface area contributed by atoms with Gasteiger partial charge < -0.3 is 15.0 Å². The number of nitrogens with one attached hydrogen (secondary N) is 1. The van der Waals surface area contributed by atoms with Crippen LogP contribution in [0.4, 0.5) is 10.1 Å². The van der Waals surface area contributed by atoms with E-state index >= 15 is 0 Å². The molecule has 1 saturated heterocycles. The minimum absolute atomic E-state index is 0.0142. The standard InChI is InChI=1S/C23H29FN4O3/c1-15-5-6-18(13-25-15)22(29)26-21-12-20(24)11-19(16(21)2)14-27-7-9-28(10-8-27)23(30)17(3)31-4/h5-6,11-13,17H,7-10,14H2,1-4H3,(H,26,29). The fourth-order valence-electron chi connectivity index (χ4n) is 3.55. The summed E-state index contributed by atoms with van der Waals surface area (Å²) in [5.41, 5.74) is 3.31. The highest BCUT2D eigenvalue weighted by atomic mass is 19.1. The van der Waals surface area contributed by atoms with E-state index in [-0.39, 0.29) is 11.8 Å². The Balaban J connectivity index is 1.66. The lowest BCUT2D eigenvalue weighted by Gasteiger charge is -2.36. The number of carbonyl (C=O) groups is 2. The molecule has 0 bridgehead atoms. The SMILES string of the molecule is COC(C)C(=O)N1CCN(Cc2cc(F)cc(NC(=O)c3ccc(C)nc3)c2C)CC1. The number of anilines is 1. The van der Waals surface area contributed by atoms with Crippen molar-refractivity contribution in [3.63, 3.8) is 0 Å². The number of ether oxygens (including phenoxy) is 1. The number of hydrogen-bond acceptors (Lipinski definition) is 5. The molecule has 1 fully saturated rings.